The third kappa shape index (κ3) is 4.13. The van der Waals surface area contributed by atoms with E-state index in [9.17, 15) is 22.8 Å². The van der Waals surface area contributed by atoms with E-state index in [1.165, 1.54) is 12.1 Å². The van der Waals surface area contributed by atoms with Crippen molar-refractivity contribution in [3.8, 4) is 0 Å². The molecule has 0 radical (unpaired) electrons. The van der Waals surface area contributed by atoms with Gasteiger partial charge in [0, 0.05) is 25.6 Å². The van der Waals surface area contributed by atoms with Crippen molar-refractivity contribution >= 4 is 17.0 Å². The molecule has 8 heteroatoms. The minimum atomic E-state index is -4.36. The van der Waals surface area contributed by atoms with Gasteiger partial charge in [-0.05, 0) is 49.1 Å². The van der Waals surface area contributed by atoms with E-state index in [4.69, 9.17) is 4.42 Å². The van der Waals surface area contributed by atoms with Gasteiger partial charge in [0.15, 0.2) is 5.58 Å². The predicted octanol–water partition coefficient (Wildman–Crippen LogP) is 4.41. The SMILES string of the molecule is O=C(CCc1ccc(C(F)(F)F)cc1)N1CCC(n2c(=O)oc3ccccc32)CC1. The standard InChI is InChI=1S/C22H21F3N2O3/c23-22(24,25)16-8-5-15(6-9-16)7-10-20(28)26-13-11-17(12-14-26)27-18-3-1-2-4-19(18)30-21(27)29/h1-6,8-9,17H,7,10-14H2. The van der Waals surface area contributed by atoms with Gasteiger partial charge in [-0.3, -0.25) is 9.36 Å². The van der Waals surface area contributed by atoms with E-state index < -0.39 is 11.7 Å². The zero-order chi connectivity index (χ0) is 21.3. The molecule has 1 aromatic heterocycles. The van der Waals surface area contributed by atoms with Gasteiger partial charge in [-0.15, -0.1) is 0 Å². The number of piperidine rings is 1. The number of oxazole rings is 1. The van der Waals surface area contributed by atoms with E-state index >= 15 is 0 Å². The maximum Gasteiger partial charge on any atom is 0.420 e. The fraction of sp³-hybridized carbons (Fsp3) is 0.364. The van der Waals surface area contributed by atoms with Crippen LogP contribution in [-0.2, 0) is 17.4 Å². The smallest absolute Gasteiger partial charge is 0.408 e. The van der Waals surface area contributed by atoms with E-state index in [0.29, 0.717) is 43.5 Å². The topological polar surface area (TPSA) is 55.5 Å². The van der Waals surface area contributed by atoms with Gasteiger partial charge in [0.2, 0.25) is 5.91 Å². The number of aromatic nitrogens is 1. The van der Waals surface area contributed by atoms with Crippen molar-refractivity contribution in [3.63, 3.8) is 0 Å². The van der Waals surface area contributed by atoms with Crippen LogP contribution in [0.5, 0.6) is 0 Å². The summed E-state index contributed by atoms with van der Waals surface area (Å²) < 4.78 is 44.9. The van der Waals surface area contributed by atoms with E-state index in [1.807, 2.05) is 18.2 Å². The quantitative estimate of drug-likeness (QED) is 0.631. The van der Waals surface area contributed by atoms with Gasteiger partial charge in [-0.2, -0.15) is 13.2 Å². The van der Waals surface area contributed by atoms with Gasteiger partial charge < -0.3 is 9.32 Å². The number of rotatable bonds is 4. The lowest BCUT2D eigenvalue weighted by Gasteiger charge is -2.32. The van der Waals surface area contributed by atoms with Crippen molar-refractivity contribution in [1.82, 2.24) is 9.47 Å². The monoisotopic (exact) mass is 418 g/mol. The number of para-hydroxylation sites is 2. The predicted molar refractivity (Wildman–Crippen MR) is 105 cm³/mol. The van der Waals surface area contributed by atoms with Gasteiger partial charge in [-0.25, -0.2) is 4.79 Å². The van der Waals surface area contributed by atoms with Crippen LogP contribution in [0.4, 0.5) is 13.2 Å². The van der Waals surface area contributed by atoms with Crippen LogP contribution in [0.15, 0.2) is 57.7 Å². The molecule has 0 spiro atoms. The highest BCUT2D eigenvalue weighted by Gasteiger charge is 2.30. The number of halogens is 3. The molecular weight excluding hydrogens is 397 g/mol. The molecule has 0 aliphatic carbocycles. The molecule has 1 amide bonds. The van der Waals surface area contributed by atoms with E-state index in [0.717, 1.165) is 17.6 Å². The number of amides is 1. The Labute approximate surface area is 170 Å². The molecule has 1 aliphatic rings. The molecule has 4 rings (SSSR count). The number of likely N-dealkylation sites (tertiary alicyclic amines) is 1. The van der Waals surface area contributed by atoms with Gasteiger partial charge in [0.05, 0.1) is 11.1 Å². The van der Waals surface area contributed by atoms with Crippen LogP contribution >= 0.6 is 0 Å². The molecule has 5 nitrogen and oxygen atoms in total. The molecule has 2 heterocycles. The number of alkyl halides is 3. The van der Waals surface area contributed by atoms with Crippen molar-refractivity contribution < 1.29 is 22.4 Å². The zero-order valence-corrected chi connectivity index (χ0v) is 16.2. The van der Waals surface area contributed by atoms with Crippen molar-refractivity contribution in [1.29, 1.82) is 0 Å². The van der Waals surface area contributed by atoms with Crippen LogP contribution in [0.25, 0.3) is 11.1 Å². The summed E-state index contributed by atoms with van der Waals surface area (Å²) in [5.41, 5.74) is 1.32. The number of hydrogen-bond acceptors (Lipinski definition) is 3. The summed E-state index contributed by atoms with van der Waals surface area (Å²) in [6.45, 7) is 1.06. The molecule has 1 fully saturated rings. The van der Waals surface area contributed by atoms with E-state index in [2.05, 4.69) is 0 Å². The van der Waals surface area contributed by atoms with E-state index in [1.54, 1.807) is 15.5 Å². The van der Waals surface area contributed by atoms with Crippen LogP contribution in [0.3, 0.4) is 0 Å². The Bertz CT molecular complexity index is 1090. The summed E-state index contributed by atoms with van der Waals surface area (Å²) in [6.07, 6.45) is -2.43. The van der Waals surface area contributed by atoms with Gasteiger partial charge >= 0.3 is 11.9 Å². The fourth-order valence-electron chi connectivity index (χ4n) is 3.97. The number of benzene rings is 2. The molecular formula is C22H21F3N2O3. The van der Waals surface area contributed by atoms with Crippen LogP contribution in [0.2, 0.25) is 0 Å². The summed E-state index contributed by atoms with van der Waals surface area (Å²) in [7, 11) is 0. The molecule has 30 heavy (non-hydrogen) atoms. The van der Waals surface area contributed by atoms with Crippen molar-refractivity contribution in [2.45, 2.75) is 37.9 Å². The molecule has 0 atom stereocenters. The molecule has 0 N–H and O–H groups in total. The third-order valence-corrected chi connectivity index (χ3v) is 5.61. The third-order valence-electron chi connectivity index (χ3n) is 5.61. The number of carbonyl (C=O) groups excluding carboxylic acids is 1. The number of aryl methyl sites for hydroxylation is 1. The molecule has 3 aromatic rings. The highest BCUT2D eigenvalue weighted by molar-refractivity contribution is 5.76. The Morgan fingerprint density at radius 3 is 2.37 bits per heavy atom. The summed E-state index contributed by atoms with van der Waals surface area (Å²) in [6, 6.07) is 12.2. The molecule has 2 aromatic carbocycles. The molecule has 0 bridgehead atoms. The number of nitrogens with zero attached hydrogens (tertiary/aromatic N) is 2. The van der Waals surface area contributed by atoms with Gasteiger partial charge in [-0.1, -0.05) is 24.3 Å². The lowest BCUT2D eigenvalue weighted by Crippen LogP contribution is -2.40. The first-order chi connectivity index (χ1) is 14.3. The average Bonchev–Trinajstić information content (AvgIpc) is 3.07. The maximum absolute atomic E-state index is 12.6. The largest absolute Gasteiger partial charge is 0.420 e. The second-order valence-corrected chi connectivity index (χ2v) is 7.51. The first-order valence-electron chi connectivity index (χ1n) is 9.87. The highest BCUT2D eigenvalue weighted by atomic mass is 19.4. The molecule has 1 saturated heterocycles. The van der Waals surface area contributed by atoms with Crippen LogP contribution in [-0.4, -0.2) is 28.5 Å². The first-order valence-corrected chi connectivity index (χ1v) is 9.87. The first kappa shape index (κ1) is 20.3. The average molecular weight is 418 g/mol. The summed E-state index contributed by atoms with van der Waals surface area (Å²) in [5.74, 6) is -0.416. The van der Waals surface area contributed by atoms with Crippen molar-refractivity contribution in [2.24, 2.45) is 0 Å². The lowest BCUT2D eigenvalue weighted by atomic mass is 10.0. The molecule has 1 aliphatic heterocycles. The zero-order valence-electron chi connectivity index (χ0n) is 16.2. The van der Waals surface area contributed by atoms with Crippen molar-refractivity contribution in [2.75, 3.05) is 13.1 Å². The number of hydrogen-bond donors (Lipinski definition) is 0. The van der Waals surface area contributed by atoms with E-state index in [-0.39, 0.29) is 24.1 Å². The van der Waals surface area contributed by atoms with Gasteiger partial charge in [0.1, 0.15) is 0 Å². The van der Waals surface area contributed by atoms with Crippen molar-refractivity contribution in [3.05, 3.63) is 70.2 Å². The molecule has 0 saturated carbocycles. The lowest BCUT2D eigenvalue weighted by molar-refractivity contribution is -0.137. The minimum Gasteiger partial charge on any atom is -0.408 e. The summed E-state index contributed by atoms with van der Waals surface area (Å²) >= 11 is 0. The van der Waals surface area contributed by atoms with Crippen LogP contribution in [0, 0.1) is 0 Å². The highest BCUT2D eigenvalue weighted by Crippen LogP contribution is 2.29. The Hall–Kier alpha value is -3.03. The Balaban J connectivity index is 1.33. The van der Waals surface area contributed by atoms with Crippen LogP contribution in [0.1, 0.15) is 36.4 Å². The number of fused-ring (bicyclic) bond motifs is 1. The van der Waals surface area contributed by atoms with Crippen LogP contribution < -0.4 is 5.76 Å². The Morgan fingerprint density at radius 2 is 1.70 bits per heavy atom. The van der Waals surface area contributed by atoms with Gasteiger partial charge in [0.25, 0.3) is 0 Å². The number of carbonyl (C=O) groups is 1. The second-order valence-electron chi connectivity index (χ2n) is 7.51. The maximum atomic E-state index is 12.6. The Morgan fingerprint density at radius 1 is 1.03 bits per heavy atom. The second kappa shape index (κ2) is 8.01. The summed E-state index contributed by atoms with van der Waals surface area (Å²) in [5, 5.41) is 0. The molecule has 158 valence electrons. The molecule has 0 unspecified atom stereocenters. The fourth-order valence-corrected chi connectivity index (χ4v) is 3.97. The Kier molecular flexibility index (Phi) is 5.40. The minimum absolute atomic E-state index is 0.0277. The normalized spacial score (nSPS) is 15.6. The summed E-state index contributed by atoms with van der Waals surface area (Å²) in [4.78, 5) is 26.5.